The van der Waals surface area contributed by atoms with Crippen LogP contribution in [0.15, 0.2) is 48.5 Å². The number of hydrogen-bond donors (Lipinski definition) is 2. The SMILES string of the molecule is CN(C)CCCCNC[C@H]1CC[C@@H]2[C@H](O1)c1cc(C(F)(F)F)ccc1N[C@H]2c1ccccc1. The average molecular weight is 462 g/mol. The van der Waals surface area contributed by atoms with Gasteiger partial charge in [-0.25, -0.2) is 0 Å². The molecule has 0 bridgehead atoms. The van der Waals surface area contributed by atoms with E-state index in [-0.39, 0.29) is 24.2 Å². The second kappa shape index (κ2) is 10.5. The second-order valence-electron chi connectivity index (χ2n) is 9.47. The molecule has 180 valence electrons. The van der Waals surface area contributed by atoms with Gasteiger partial charge in [0.2, 0.25) is 0 Å². The van der Waals surface area contributed by atoms with Gasteiger partial charge >= 0.3 is 6.18 Å². The summed E-state index contributed by atoms with van der Waals surface area (Å²) in [5, 5.41) is 7.00. The smallest absolute Gasteiger partial charge is 0.378 e. The van der Waals surface area contributed by atoms with E-state index in [2.05, 4.69) is 41.8 Å². The molecule has 0 radical (unpaired) electrons. The number of anilines is 1. The number of ether oxygens (including phenoxy) is 1. The first kappa shape index (κ1) is 24.0. The van der Waals surface area contributed by atoms with Gasteiger partial charge in [-0.05, 0) is 76.6 Å². The van der Waals surface area contributed by atoms with Gasteiger partial charge in [0.1, 0.15) is 0 Å². The van der Waals surface area contributed by atoms with Crippen LogP contribution >= 0.6 is 0 Å². The predicted molar refractivity (Wildman–Crippen MR) is 125 cm³/mol. The summed E-state index contributed by atoms with van der Waals surface area (Å²) in [7, 11) is 4.15. The third kappa shape index (κ3) is 5.89. The first-order valence-corrected chi connectivity index (χ1v) is 11.9. The third-order valence-corrected chi connectivity index (χ3v) is 6.71. The van der Waals surface area contributed by atoms with Crippen LogP contribution in [0.25, 0.3) is 0 Å². The molecule has 4 atom stereocenters. The van der Waals surface area contributed by atoms with E-state index in [9.17, 15) is 13.2 Å². The molecule has 0 aromatic heterocycles. The fourth-order valence-corrected chi connectivity index (χ4v) is 5.01. The van der Waals surface area contributed by atoms with Gasteiger partial charge in [-0.15, -0.1) is 0 Å². The van der Waals surface area contributed by atoms with E-state index in [1.54, 1.807) is 6.07 Å². The highest BCUT2D eigenvalue weighted by atomic mass is 19.4. The maximum atomic E-state index is 13.4. The van der Waals surface area contributed by atoms with Crippen LogP contribution < -0.4 is 10.6 Å². The maximum Gasteiger partial charge on any atom is 0.416 e. The summed E-state index contributed by atoms with van der Waals surface area (Å²) in [4.78, 5) is 2.18. The van der Waals surface area contributed by atoms with Crippen LogP contribution in [-0.4, -0.2) is 44.7 Å². The van der Waals surface area contributed by atoms with Gasteiger partial charge in [0.15, 0.2) is 0 Å². The molecule has 2 aliphatic heterocycles. The molecule has 1 fully saturated rings. The number of unbranched alkanes of at least 4 members (excludes halogenated alkanes) is 1. The molecule has 2 aliphatic rings. The van der Waals surface area contributed by atoms with Crippen LogP contribution in [0.2, 0.25) is 0 Å². The number of halogens is 3. The summed E-state index contributed by atoms with van der Waals surface area (Å²) in [5.41, 5.74) is 1.87. The molecule has 0 unspecified atom stereocenters. The zero-order valence-corrected chi connectivity index (χ0v) is 19.4. The van der Waals surface area contributed by atoms with Crippen molar-refractivity contribution in [3.63, 3.8) is 0 Å². The van der Waals surface area contributed by atoms with E-state index in [1.807, 2.05) is 18.2 Å². The molecule has 0 amide bonds. The van der Waals surface area contributed by atoms with E-state index < -0.39 is 11.7 Å². The Bertz CT molecular complexity index is 903. The quantitative estimate of drug-likeness (QED) is 0.499. The normalized spacial score (nSPS) is 24.8. The van der Waals surface area contributed by atoms with Crippen LogP contribution in [0.1, 0.15) is 54.5 Å². The molecule has 0 spiro atoms. The first-order valence-electron chi connectivity index (χ1n) is 11.9. The summed E-state index contributed by atoms with van der Waals surface area (Å²) in [6.07, 6.45) is -0.711. The maximum absolute atomic E-state index is 13.4. The van der Waals surface area contributed by atoms with Crippen LogP contribution in [0, 0.1) is 5.92 Å². The van der Waals surface area contributed by atoms with Crippen LogP contribution in [0.4, 0.5) is 18.9 Å². The number of rotatable bonds is 8. The summed E-state index contributed by atoms with van der Waals surface area (Å²) in [6, 6.07) is 14.1. The van der Waals surface area contributed by atoms with E-state index in [0.29, 0.717) is 5.56 Å². The van der Waals surface area contributed by atoms with Crippen molar-refractivity contribution in [2.75, 3.05) is 39.0 Å². The Labute approximate surface area is 194 Å². The lowest BCUT2D eigenvalue weighted by Crippen LogP contribution is -2.42. The zero-order valence-electron chi connectivity index (χ0n) is 19.4. The molecule has 4 rings (SSSR count). The fourth-order valence-electron chi connectivity index (χ4n) is 5.01. The van der Waals surface area contributed by atoms with Crippen molar-refractivity contribution in [3.05, 3.63) is 65.2 Å². The molecular formula is C26H34F3N3O. The molecule has 2 heterocycles. The van der Waals surface area contributed by atoms with E-state index in [4.69, 9.17) is 4.74 Å². The number of hydrogen-bond acceptors (Lipinski definition) is 4. The Morgan fingerprint density at radius 1 is 1.06 bits per heavy atom. The number of nitrogens with zero attached hydrogens (tertiary/aromatic N) is 1. The summed E-state index contributed by atoms with van der Waals surface area (Å²) < 4.78 is 46.8. The number of benzene rings is 2. The summed E-state index contributed by atoms with van der Waals surface area (Å²) in [6.45, 7) is 2.71. The van der Waals surface area contributed by atoms with E-state index in [1.165, 1.54) is 6.07 Å². The van der Waals surface area contributed by atoms with Crippen molar-refractivity contribution in [2.45, 2.75) is 50.1 Å². The van der Waals surface area contributed by atoms with E-state index in [0.717, 1.165) is 62.6 Å². The molecule has 2 N–H and O–H groups in total. The Morgan fingerprint density at radius 3 is 2.58 bits per heavy atom. The molecule has 0 saturated carbocycles. The first-order chi connectivity index (χ1) is 15.8. The van der Waals surface area contributed by atoms with Crippen LogP contribution in [0.5, 0.6) is 0 Å². The molecule has 33 heavy (non-hydrogen) atoms. The zero-order chi connectivity index (χ0) is 23.4. The molecule has 2 aromatic carbocycles. The van der Waals surface area contributed by atoms with Gasteiger partial charge in [-0.3, -0.25) is 0 Å². The lowest BCUT2D eigenvalue weighted by Gasteiger charge is -2.46. The number of nitrogens with one attached hydrogen (secondary N) is 2. The number of fused-ring (bicyclic) bond motifs is 3. The van der Waals surface area contributed by atoms with Crippen molar-refractivity contribution in [1.29, 1.82) is 0 Å². The van der Waals surface area contributed by atoms with E-state index >= 15 is 0 Å². The Kier molecular flexibility index (Phi) is 7.62. The van der Waals surface area contributed by atoms with Crippen molar-refractivity contribution in [3.8, 4) is 0 Å². The van der Waals surface area contributed by atoms with Gasteiger partial charge in [-0.2, -0.15) is 13.2 Å². The minimum Gasteiger partial charge on any atom is -0.378 e. The van der Waals surface area contributed by atoms with Gasteiger partial charge < -0.3 is 20.3 Å². The second-order valence-corrected chi connectivity index (χ2v) is 9.47. The highest BCUT2D eigenvalue weighted by molar-refractivity contribution is 5.58. The van der Waals surface area contributed by atoms with Crippen molar-refractivity contribution < 1.29 is 17.9 Å². The Hall–Kier alpha value is -2.09. The molecule has 7 heteroatoms. The standard InChI is InChI=1S/C26H34F3N3O/c1-32(2)15-7-6-14-30-17-20-11-12-21-24(18-8-4-3-5-9-18)31-23-13-10-19(26(27,28)29)16-22(23)25(21)33-20/h3-5,8-10,13,16,20-21,24-25,30-31H,6-7,11-12,14-15,17H2,1-2H3/t20-,21+,24+,25+/m1/s1. The molecule has 2 aromatic rings. The van der Waals surface area contributed by atoms with Gasteiger partial charge in [0.25, 0.3) is 0 Å². The van der Waals surface area contributed by atoms with Crippen molar-refractivity contribution in [1.82, 2.24) is 10.2 Å². The minimum atomic E-state index is -4.37. The number of alkyl halides is 3. The topological polar surface area (TPSA) is 36.5 Å². The van der Waals surface area contributed by atoms with Crippen LogP contribution in [-0.2, 0) is 10.9 Å². The average Bonchev–Trinajstić information content (AvgIpc) is 2.80. The molecule has 1 saturated heterocycles. The molecule has 4 nitrogen and oxygen atoms in total. The largest absolute Gasteiger partial charge is 0.416 e. The fraction of sp³-hybridized carbons (Fsp3) is 0.538. The highest BCUT2D eigenvalue weighted by Crippen LogP contribution is 2.51. The molecular weight excluding hydrogens is 427 g/mol. The summed E-state index contributed by atoms with van der Waals surface area (Å²) >= 11 is 0. The van der Waals surface area contributed by atoms with Crippen molar-refractivity contribution in [2.24, 2.45) is 5.92 Å². The summed E-state index contributed by atoms with van der Waals surface area (Å²) in [5.74, 6) is 0.0831. The third-order valence-electron chi connectivity index (χ3n) is 6.71. The van der Waals surface area contributed by atoms with Crippen molar-refractivity contribution >= 4 is 5.69 Å². The lowest BCUT2D eigenvalue weighted by atomic mass is 9.76. The predicted octanol–water partition coefficient (Wildman–Crippen LogP) is 5.64. The Morgan fingerprint density at radius 2 is 1.85 bits per heavy atom. The van der Waals surface area contributed by atoms with Gasteiger partial charge in [-0.1, -0.05) is 30.3 Å². The van der Waals surface area contributed by atoms with Gasteiger partial charge in [0, 0.05) is 23.7 Å². The van der Waals surface area contributed by atoms with Gasteiger partial charge in [0.05, 0.1) is 23.8 Å². The monoisotopic (exact) mass is 461 g/mol. The lowest BCUT2D eigenvalue weighted by molar-refractivity contribution is -0.138. The van der Waals surface area contributed by atoms with Crippen LogP contribution in [0.3, 0.4) is 0 Å². The Balaban J connectivity index is 1.50. The highest BCUT2D eigenvalue weighted by Gasteiger charge is 2.43. The molecule has 0 aliphatic carbocycles. The minimum absolute atomic E-state index is 0.00276.